The van der Waals surface area contributed by atoms with Gasteiger partial charge in [0.15, 0.2) is 0 Å². The van der Waals surface area contributed by atoms with Crippen LogP contribution < -0.4 is 0 Å². The molecule has 1 N–H and O–H groups in total. The van der Waals surface area contributed by atoms with Crippen LogP contribution in [0, 0.1) is 0 Å². The van der Waals surface area contributed by atoms with Crippen molar-refractivity contribution in [3.8, 4) is 28.0 Å². The lowest BCUT2D eigenvalue weighted by molar-refractivity contribution is 0.463. The van der Waals surface area contributed by atoms with Crippen molar-refractivity contribution in [2.45, 2.75) is 4.90 Å². The van der Waals surface area contributed by atoms with Crippen molar-refractivity contribution in [2.24, 2.45) is 0 Å². The second kappa shape index (κ2) is 5.43. The summed E-state index contributed by atoms with van der Waals surface area (Å²) < 4.78 is 0. The van der Waals surface area contributed by atoms with Crippen LogP contribution in [0.25, 0.3) is 22.3 Å². The van der Waals surface area contributed by atoms with E-state index in [9.17, 15) is 5.11 Å². The Balaban J connectivity index is 2.29. The summed E-state index contributed by atoms with van der Waals surface area (Å²) in [6.07, 6.45) is 0. The van der Waals surface area contributed by atoms with Crippen LogP contribution >= 0.6 is 12.6 Å². The average Bonchev–Trinajstić information content (AvgIpc) is 2.51. The van der Waals surface area contributed by atoms with Crippen molar-refractivity contribution in [1.82, 2.24) is 0 Å². The zero-order valence-electron chi connectivity index (χ0n) is 10.8. The van der Waals surface area contributed by atoms with Gasteiger partial charge in [-0.3, -0.25) is 0 Å². The first-order valence-corrected chi connectivity index (χ1v) is 6.88. The van der Waals surface area contributed by atoms with E-state index < -0.39 is 0 Å². The molecule has 0 fully saturated rings. The molecule has 0 aromatic heterocycles. The lowest BCUT2D eigenvalue weighted by Gasteiger charge is -2.14. The number of phenolic OH excluding ortho intramolecular Hbond substituents is 1. The number of thiol groups is 1. The number of phenols is 1. The number of rotatable bonds is 2. The Morgan fingerprint density at radius 3 is 1.80 bits per heavy atom. The minimum atomic E-state index is 0.201. The van der Waals surface area contributed by atoms with Crippen LogP contribution in [0.5, 0.6) is 5.75 Å². The van der Waals surface area contributed by atoms with Gasteiger partial charge in [0, 0.05) is 5.56 Å². The van der Waals surface area contributed by atoms with Gasteiger partial charge in [-0.1, -0.05) is 66.7 Å². The van der Waals surface area contributed by atoms with Crippen molar-refractivity contribution in [2.75, 3.05) is 0 Å². The lowest BCUT2D eigenvalue weighted by Crippen LogP contribution is -1.87. The first-order chi connectivity index (χ1) is 9.77. The Morgan fingerprint density at radius 1 is 0.650 bits per heavy atom. The molecule has 0 aliphatic carbocycles. The summed E-state index contributed by atoms with van der Waals surface area (Å²) in [5.74, 6) is 0.201. The van der Waals surface area contributed by atoms with E-state index in [1.165, 1.54) is 0 Å². The van der Waals surface area contributed by atoms with Crippen molar-refractivity contribution >= 4 is 12.6 Å². The molecule has 98 valence electrons. The van der Waals surface area contributed by atoms with E-state index in [1.54, 1.807) is 6.07 Å². The first kappa shape index (κ1) is 12.8. The van der Waals surface area contributed by atoms with Gasteiger partial charge in [0.2, 0.25) is 0 Å². The van der Waals surface area contributed by atoms with E-state index in [4.69, 9.17) is 0 Å². The van der Waals surface area contributed by atoms with Crippen LogP contribution in [0.15, 0.2) is 77.7 Å². The third-order valence-electron chi connectivity index (χ3n) is 3.30. The maximum absolute atomic E-state index is 9.96. The number of hydrogen-bond donors (Lipinski definition) is 2. The van der Waals surface area contributed by atoms with Gasteiger partial charge in [-0.25, -0.2) is 0 Å². The topological polar surface area (TPSA) is 20.2 Å². The molecule has 0 bridgehead atoms. The Morgan fingerprint density at radius 2 is 1.20 bits per heavy atom. The van der Waals surface area contributed by atoms with Crippen LogP contribution in [-0.4, -0.2) is 5.11 Å². The summed E-state index contributed by atoms with van der Waals surface area (Å²) in [7, 11) is 0. The molecule has 0 radical (unpaired) electrons. The summed E-state index contributed by atoms with van der Waals surface area (Å²) in [6.45, 7) is 0. The average molecular weight is 278 g/mol. The molecule has 3 aromatic carbocycles. The quantitative estimate of drug-likeness (QED) is 0.631. The van der Waals surface area contributed by atoms with Crippen molar-refractivity contribution < 1.29 is 5.11 Å². The second-order valence-electron chi connectivity index (χ2n) is 4.59. The SMILES string of the molecule is Oc1ccc(-c2ccccc2)c(-c2ccccc2)c1S. The maximum atomic E-state index is 9.96. The van der Waals surface area contributed by atoms with Gasteiger partial charge in [0.05, 0.1) is 4.90 Å². The first-order valence-electron chi connectivity index (χ1n) is 6.43. The molecule has 2 heteroatoms. The van der Waals surface area contributed by atoms with Crippen LogP contribution in [-0.2, 0) is 0 Å². The third-order valence-corrected chi connectivity index (χ3v) is 3.76. The maximum Gasteiger partial charge on any atom is 0.129 e. The van der Waals surface area contributed by atoms with Gasteiger partial charge in [0.25, 0.3) is 0 Å². The van der Waals surface area contributed by atoms with Gasteiger partial charge in [-0.15, -0.1) is 12.6 Å². The molecule has 3 rings (SSSR count). The third kappa shape index (κ3) is 2.30. The fourth-order valence-corrected chi connectivity index (χ4v) is 2.66. The Hall–Kier alpha value is -2.19. The minimum Gasteiger partial charge on any atom is -0.507 e. The molecule has 0 saturated carbocycles. The summed E-state index contributed by atoms with van der Waals surface area (Å²) >= 11 is 4.49. The Kier molecular flexibility index (Phi) is 3.48. The molecule has 0 heterocycles. The molecular weight excluding hydrogens is 264 g/mol. The molecule has 20 heavy (non-hydrogen) atoms. The van der Waals surface area contributed by atoms with Crippen LogP contribution in [0.2, 0.25) is 0 Å². The van der Waals surface area contributed by atoms with E-state index in [0.29, 0.717) is 4.90 Å². The summed E-state index contributed by atoms with van der Waals surface area (Å²) in [6, 6.07) is 23.8. The molecule has 3 aromatic rings. The lowest BCUT2D eigenvalue weighted by atomic mass is 9.94. The molecular formula is C18H14OS. The molecule has 0 saturated heterocycles. The summed E-state index contributed by atoms with van der Waals surface area (Å²) in [5.41, 5.74) is 4.19. The van der Waals surface area contributed by atoms with E-state index in [1.807, 2.05) is 54.6 Å². The smallest absolute Gasteiger partial charge is 0.129 e. The zero-order valence-corrected chi connectivity index (χ0v) is 11.7. The Bertz CT molecular complexity index is 721. The molecule has 0 amide bonds. The van der Waals surface area contributed by atoms with E-state index in [0.717, 1.165) is 22.3 Å². The Labute approximate surface area is 123 Å². The normalized spacial score (nSPS) is 10.4. The highest BCUT2D eigenvalue weighted by atomic mass is 32.1. The number of aromatic hydroxyl groups is 1. The standard InChI is InChI=1S/C18H14OS/c19-16-12-11-15(13-7-3-1-4-8-13)17(18(16)20)14-9-5-2-6-10-14/h1-12,19-20H. The van der Waals surface area contributed by atoms with Gasteiger partial charge in [-0.2, -0.15) is 0 Å². The molecule has 0 aliphatic heterocycles. The monoisotopic (exact) mass is 278 g/mol. The van der Waals surface area contributed by atoms with E-state index in [-0.39, 0.29) is 5.75 Å². The minimum absolute atomic E-state index is 0.201. The fraction of sp³-hybridized carbons (Fsp3) is 0. The largest absolute Gasteiger partial charge is 0.507 e. The van der Waals surface area contributed by atoms with Gasteiger partial charge < -0.3 is 5.11 Å². The predicted molar refractivity (Wildman–Crippen MR) is 86.2 cm³/mol. The molecule has 0 aliphatic rings. The predicted octanol–water partition coefficient (Wildman–Crippen LogP) is 5.01. The fourth-order valence-electron chi connectivity index (χ4n) is 2.34. The molecule has 0 unspecified atom stereocenters. The van der Waals surface area contributed by atoms with Gasteiger partial charge in [-0.05, 0) is 22.8 Å². The molecule has 1 nitrogen and oxygen atoms in total. The summed E-state index contributed by atoms with van der Waals surface area (Å²) in [5, 5.41) is 9.96. The second-order valence-corrected chi connectivity index (χ2v) is 5.04. The number of hydrogen-bond acceptors (Lipinski definition) is 2. The number of benzene rings is 3. The summed E-state index contributed by atoms with van der Waals surface area (Å²) in [4.78, 5) is 0.609. The van der Waals surface area contributed by atoms with E-state index >= 15 is 0 Å². The van der Waals surface area contributed by atoms with Crippen molar-refractivity contribution in [1.29, 1.82) is 0 Å². The highest BCUT2D eigenvalue weighted by Gasteiger charge is 2.13. The van der Waals surface area contributed by atoms with Crippen LogP contribution in [0.4, 0.5) is 0 Å². The molecule has 0 atom stereocenters. The zero-order chi connectivity index (χ0) is 13.9. The highest BCUT2D eigenvalue weighted by molar-refractivity contribution is 7.80. The van der Waals surface area contributed by atoms with E-state index in [2.05, 4.69) is 24.8 Å². The molecule has 0 spiro atoms. The van der Waals surface area contributed by atoms with Crippen molar-refractivity contribution in [3.63, 3.8) is 0 Å². The van der Waals surface area contributed by atoms with Gasteiger partial charge >= 0.3 is 0 Å². The van der Waals surface area contributed by atoms with Crippen LogP contribution in [0.3, 0.4) is 0 Å². The van der Waals surface area contributed by atoms with Gasteiger partial charge in [0.1, 0.15) is 5.75 Å². The van der Waals surface area contributed by atoms with Crippen LogP contribution in [0.1, 0.15) is 0 Å². The highest BCUT2D eigenvalue weighted by Crippen LogP contribution is 2.40. The van der Waals surface area contributed by atoms with Crippen molar-refractivity contribution in [3.05, 3.63) is 72.8 Å².